The first-order valence-electron chi connectivity index (χ1n) is 10.5. The Kier molecular flexibility index (Phi) is 7.20. The molecule has 2 N–H and O–H groups in total. The van der Waals surface area contributed by atoms with Gasteiger partial charge in [0.05, 0.1) is 5.75 Å². The molecular formula is C23H29N3O5S. The Bertz CT molecular complexity index is 1040. The second-order valence-corrected chi connectivity index (χ2v) is 10.3. The van der Waals surface area contributed by atoms with Gasteiger partial charge in [-0.2, -0.15) is 0 Å². The Labute approximate surface area is 188 Å². The van der Waals surface area contributed by atoms with Gasteiger partial charge in [0, 0.05) is 37.3 Å². The minimum atomic E-state index is -3.80. The highest BCUT2D eigenvalue weighted by Gasteiger charge is 2.31. The predicted molar refractivity (Wildman–Crippen MR) is 122 cm³/mol. The predicted octanol–water partition coefficient (Wildman–Crippen LogP) is 2.56. The van der Waals surface area contributed by atoms with Crippen molar-refractivity contribution in [1.82, 2.24) is 14.5 Å². The van der Waals surface area contributed by atoms with Gasteiger partial charge in [0.15, 0.2) is 0 Å². The summed E-state index contributed by atoms with van der Waals surface area (Å²) in [7, 11) is -3.80. The molecule has 172 valence electrons. The lowest BCUT2D eigenvalue weighted by Crippen LogP contribution is -2.56. The lowest BCUT2D eigenvalue weighted by Gasteiger charge is -2.43. The molecule has 2 aromatic rings. The van der Waals surface area contributed by atoms with Gasteiger partial charge in [0.2, 0.25) is 10.0 Å². The zero-order valence-electron chi connectivity index (χ0n) is 18.3. The molecule has 0 saturated carbocycles. The van der Waals surface area contributed by atoms with E-state index in [2.05, 4.69) is 23.5 Å². The topological polar surface area (TPSA) is 107 Å². The van der Waals surface area contributed by atoms with Crippen LogP contribution in [0.25, 0.3) is 0 Å². The number of benzene rings is 2. The molecule has 1 heterocycles. The summed E-state index contributed by atoms with van der Waals surface area (Å²) < 4.78 is 26.7. The Morgan fingerprint density at radius 3 is 2.09 bits per heavy atom. The van der Waals surface area contributed by atoms with E-state index in [-0.39, 0.29) is 16.9 Å². The third kappa shape index (κ3) is 6.30. The van der Waals surface area contributed by atoms with Crippen molar-refractivity contribution >= 4 is 22.0 Å². The molecule has 0 atom stereocenters. The van der Waals surface area contributed by atoms with E-state index >= 15 is 0 Å². The van der Waals surface area contributed by atoms with Gasteiger partial charge in [0.25, 0.3) is 5.91 Å². The van der Waals surface area contributed by atoms with Gasteiger partial charge >= 0.3 is 6.09 Å². The second-order valence-electron chi connectivity index (χ2n) is 8.62. The molecule has 8 nitrogen and oxygen atoms in total. The molecule has 1 aliphatic rings. The normalized spacial score (nSPS) is 15.4. The highest BCUT2D eigenvalue weighted by molar-refractivity contribution is 7.89. The molecule has 0 unspecified atom stereocenters. The van der Waals surface area contributed by atoms with Crippen LogP contribution < -0.4 is 4.72 Å². The van der Waals surface area contributed by atoms with E-state index in [4.69, 9.17) is 5.11 Å². The van der Waals surface area contributed by atoms with Crippen LogP contribution in [0.15, 0.2) is 54.6 Å². The highest BCUT2D eigenvalue weighted by atomic mass is 32.2. The van der Waals surface area contributed by atoms with E-state index < -0.39 is 22.0 Å². The average Bonchev–Trinajstić information content (AvgIpc) is 2.74. The minimum absolute atomic E-state index is 0.187. The number of rotatable bonds is 7. The lowest BCUT2D eigenvalue weighted by atomic mass is 9.91. The summed E-state index contributed by atoms with van der Waals surface area (Å²) in [5.41, 5.74) is 1.71. The first kappa shape index (κ1) is 23.7. The smallest absolute Gasteiger partial charge is 0.407 e. The zero-order chi connectivity index (χ0) is 23.4. The van der Waals surface area contributed by atoms with Gasteiger partial charge in [-0.25, -0.2) is 17.9 Å². The van der Waals surface area contributed by atoms with Crippen molar-refractivity contribution in [2.75, 3.05) is 26.2 Å². The fraction of sp³-hybridized carbons (Fsp3) is 0.391. The van der Waals surface area contributed by atoms with Gasteiger partial charge in [-0.15, -0.1) is 0 Å². The summed E-state index contributed by atoms with van der Waals surface area (Å²) in [6.45, 7) is 6.52. The van der Waals surface area contributed by atoms with Crippen molar-refractivity contribution in [3.8, 4) is 0 Å². The molecule has 2 amide bonds. The van der Waals surface area contributed by atoms with Gasteiger partial charge in [-0.3, -0.25) is 9.69 Å². The lowest BCUT2D eigenvalue weighted by molar-refractivity contribution is 0.0515. The number of carbonyl (C=O) groups excluding carboxylic acids is 1. The quantitative estimate of drug-likeness (QED) is 0.659. The van der Waals surface area contributed by atoms with Gasteiger partial charge < -0.3 is 10.0 Å². The van der Waals surface area contributed by atoms with E-state index in [9.17, 15) is 18.0 Å². The van der Waals surface area contributed by atoms with Crippen LogP contribution in [0.2, 0.25) is 0 Å². The van der Waals surface area contributed by atoms with Crippen molar-refractivity contribution < 1.29 is 23.1 Å². The largest absolute Gasteiger partial charge is 0.465 e. The summed E-state index contributed by atoms with van der Waals surface area (Å²) in [6, 6.07) is 15.6. The molecule has 0 radical (unpaired) electrons. The summed E-state index contributed by atoms with van der Waals surface area (Å²) in [6.07, 6.45) is -0.170. The fourth-order valence-corrected chi connectivity index (χ4v) is 5.02. The molecule has 0 bridgehead atoms. The standard InChI is InChI=1S/C23H29N3O5S/c1-23(2,26-14-12-25(13-15-26)22(28)29)16-18-8-10-20(11-9-18)21(27)24-32(30,31)17-19-6-4-3-5-7-19/h3-11H,12-17H2,1-2H3,(H,24,27)(H,28,29). The molecule has 3 rings (SSSR count). The maximum absolute atomic E-state index is 12.4. The van der Waals surface area contributed by atoms with E-state index in [0.717, 1.165) is 5.56 Å². The van der Waals surface area contributed by atoms with E-state index in [1.165, 1.54) is 4.90 Å². The van der Waals surface area contributed by atoms with E-state index in [1.54, 1.807) is 42.5 Å². The summed E-state index contributed by atoms with van der Waals surface area (Å²) >= 11 is 0. The number of nitrogens with zero attached hydrogens (tertiary/aromatic N) is 2. The maximum atomic E-state index is 12.4. The number of hydrogen-bond donors (Lipinski definition) is 2. The number of carboxylic acid groups (broad SMARTS) is 1. The Morgan fingerprint density at radius 2 is 1.53 bits per heavy atom. The van der Waals surface area contributed by atoms with Crippen LogP contribution in [0, 0.1) is 0 Å². The van der Waals surface area contributed by atoms with E-state index in [0.29, 0.717) is 38.2 Å². The van der Waals surface area contributed by atoms with E-state index in [1.807, 2.05) is 12.1 Å². The first-order chi connectivity index (χ1) is 15.1. The minimum Gasteiger partial charge on any atom is -0.465 e. The molecule has 1 aliphatic heterocycles. The van der Waals surface area contributed by atoms with Crippen LogP contribution >= 0.6 is 0 Å². The van der Waals surface area contributed by atoms with Crippen molar-refractivity contribution in [1.29, 1.82) is 0 Å². The molecule has 9 heteroatoms. The number of hydrogen-bond acceptors (Lipinski definition) is 5. The van der Waals surface area contributed by atoms with Crippen LogP contribution in [0.5, 0.6) is 0 Å². The summed E-state index contributed by atoms with van der Waals surface area (Å²) in [5, 5.41) is 9.11. The third-order valence-corrected chi connectivity index (χ3v) is 6.92. The molecule has 0 aliphatic carbocycles. The number of nitrogens with one attached hydrogen (secondary N) is 1. The SMILES string of the molecule is CC(C)(Cc1ccc(C(=O)NS(=O)(=O)Cc2ccccc2)cc1)N1CCN(C(=O)O)CC1. The van der Waals surface area contributed by atoms with Gasteiger partial charge in [0.1, 0.15) is 0 Å². The summed E-state index contributed by atoms with van der Waals surface area (Å²) in [5.74, 6) is -0.919. The van der Waals surface area contributed by atoms with Gasteiger partial charge in [-0.05, 0) is 43.5 Å². The highest BCUT2D eigenvalue weighted by Crippen LogP contribution is 2.22. The van der Waals surface area contributed by atoms with Crippen LogP contribution in [0.4, 0.5) is 4.79 Å². The number of amides is 2. The fourth-order valence-electron chi connectivity index (χ4n) is 3.92. The molecule has 0 spiro atoms. The van der Waals surface area contributed by atoms with Crippen LogP contribution in [-0.4, -0.2) is 67.0 Å². The summed E-state index contributed by atoms with van der Waals surface area (Å²) in [4.78, 5) is 27.2. The van der Waals surface area contributed by atoms with Crippen molar-refractivity contribution in [3.63, 3.8) is 0 Å². The number of piperazine rings is 1. The Balaban J connectivity index is 1.58. The monoisotopic (exact) mass is 459 g/mol. The molecule has 0 aromatic heterocycles. The maximum Gasteiger partial charge on any atom is 0.407 e. The average molecular weight is 460 g/mol. The molecule has 1 saturated heterocycles. The Hall–Kier alpha value is -2.91. The number of sulfonamides is 1. The zero-order valence-corrected chi connectivity index (χ0v) is 19.1. The first-order valence-corrected chi connectivity index (χ1v) is 12.1. The second kappa shape index (κ2) is 9.70. The van der Waals surface area contributed by atoms with Crippen LogP contribution in [-0.2, 0) is 22.2 Å². The van der Waals surface area contributed by atoms with Gasteiger partial charge in [-0.1, -0.05) is 42.5 Å². The molecule has 32 heavy (non-hydrogen) atoms. The van der Waals surface area contributed by atoms with Crippen LogP contribution in [0.3, 0.4) is 0 Å². The third-order valence-electron chi connectivity index (χ3n) is 5.71. The Morgan fingerprint density at radius 1 is 0.938 bits per heavy atom. The van der Waals surface area contributed by atoms with Crippen molar-refractivity contribution in [3.05, 3.63) is 71.3 Å². The van der Waals surface area contributed by atoms with Crippen molar-refractivity contribution in [2.24, 2.45) is 0 Å². The number of carbonyl (C=O) groups is 2. The van der Waals surface area contributed by atoms with Crippen molar-refractivity contribution in [2.45, 2.75) is 31.6 Å². The molecular weight excluding hydrogens is 430 g/mol. The van der Waals surface area contributed by atoms with Crippen LogP contribution in [0.1, 0.15) is 35.3 Å². The molecule has 1 fully saturated rings. The molecule has 2 aromatic carbocycles.